The number of benzene rings is 1. The van der Waals surface area contributed by atoms with Crippen molar-refractivity contribution >= 4 is 17.8 Å². The molecule has 0 fully saturated rings. The largest absolute Gasteiger partial charge is 0.469 e. The number of nitrogens with zero attached hydrogens (tertiary/aromatic N) is 2. The van der Waals surface area contributed by atoms with Gasteiger partial charge >= 0.3 is 0 Å². The first-order valence-corrected chi connectivity index (χ1v) is 7.84. The van der Waals surface area contributed by atoms with Crippen molar-refractivity contribution in [3.8, 4) is 0 Å². The second kappa shape index (κ2) is 6.00. The average Bonchev–Trinajstić information content (AvgIpc) is 3.06. The van der Waals surface area contributed by atoms with Crippen LogP contribution in [0.5, 0.6) is 0 Å². The molecule has 2 heterocycles. The molecule has 1 aliphatic rings. The van der Waals surface area contributed by atoms with E-state index in [2.05, 4.69) is 47.5 Å². The molecule has 1 aliphatic heterocycles. The molecule has 0 bridgehead atoms. The molecule has 1 amide bonds. The molecule has 0 saturated carbocycles. The molecular weight excluding hydrogens is 302 g/mol. The molecule has 1 aromatic carbocycles. The van der Waals surface area contributed by atoms with Crippen LogP contribution < -0.4 is 10.3 Å². The van der Waals surface area contributed by atoms with E-state index in [1.54, 1.807) is 19.2 Å². The van der Waals surface area contributed by atoms with Gasteiger partial charge in [-0.15, -0.1) is 0 Å². The number of para-hydroxylation sites is 1. The lowest BCUT2D eigenvalue weighted by molar-refractivity contribution is 0.0953. The lowest BCUT2D eigenvalue weighted by Crippen LogP contribution is -2.23. The van der Waals surface area contributed by atoms with Crippen molar-refractivity contribution in [3.63, 3.8) is 0 Å². The maximum atomic E-state index is 12.0. The van der Waals surface area contributed by atoms with Crippen LogP contribution in [0.25, 0.3) is 0 Å². The third-order valence-corrected chi connectivity index (χ3v) is 4.52. The number of nitrogens with one attached hydrogen (secondary N) is 1. The predicted octanol–water partition coefficient (Wildman–Crippen LogP) is 3.62. The maximum Gasteiger partial charge on any atom is 0.274 e. The molecule has 1 N–H and O–H groups in total. The van der Waals surface area contributed by atoms with Gasteiger partial charge in [-0.2, -0.15) is 5.10 Å². The highest BCUT2D eigenvalue weighted by atomic mass is 16.3. The Morgan fingerprint density at radius 3 is 2.71 bits per heavy atom. The molecule has 124 valence electrons. The number of allylic oxidation sites excluding steroid dienone is 2. The molecule has 0 radical (unpaired) electrons. The van der Waals surface area contributed by atoms with Crippen molar-refractivity contribution < 1.29 is 9.21 Å². The monoisotopic (exact) mass is 323 g/mol. The van der Waals surface area contributed by atoms with Gasteiger partial charge in [0.05, 0.1) is 11.8 Å². The number of hydrogen-bond acceptors (Lipinski definition) is 4. The number of rotatable bonds is 3. The Balaban J connectivity index is 1.76. The summed E-state index contributed by atoms with van der Waals surface area (Å²) in [7, 11) is 2.04. The van der Waals surface area contributed by atoms with Gasteiger partial charge in [0, 0.05) is 30.1 Å². The van der Waals surface area contributed by atoms with Gasteiger partial charge < -0.3 is 9.32 Å². The molecule has 0 saturated heterocycles. The topological polar surface area (TPSA) is 57.8 Å². The normalized spacial score (nSPS) is 17.5. The lowest BCUT2D eigenvalue weighted by Gasteiger charge is -2.23. The van der Waals surface area contributed by atoms with Gasteiger partial charge in [-0.25, -0.2) is 5.43 Å². The maximum absolute atomic E-state index is 12.0. The number of furan rings is 1. The zero-order valence-electron chi connectivity index (χ0n) is 14.3. The second-order valence-corrected chi connectivity index (χ2v) is 6.36. The summed E-state index contributed by atoms with van der Waals surface area (Å²) in [6.07, 6.45) is 5.04. The summed E-state index contributed by atoms with van der Waals surface area (Å²) in [6, 6.07) is 9.98. The van der Waals surface area contributed by atoms with Crippen LogP contribution in [0.15, 0.2) is 57.9 Å². The minimum atomic E-state index is -0.279. The van der Waals surface area contributed by atoms with Crippen molar-refractivity contribution in [3.05, 3.63) is 65.3 Å². The molecule has 1 aromatic heterocycles. The van der Waals surface area contributed by atoms with Crippen molar-refractivity contribution in [2.24, 2.45) is 5.10 Å². The van der Waals surface area contributed by atoms with Gasteiger partial charge in [-0.3, -0.25) is 4.79 Å². The molecule has 3 rings (SSSR count). The molecule has 24 heavy (non-hydrogen) atoms. The molecule has 5 nitrogen and oxygen atoms in total. The van der Waals surface area contributed by atoms with Crippen LogP contribution in [0.4, 0.5) is 5.69 Å². The number of carbonyl (C=O) groups excluding carboxylic acids is 1. The summed E-state index contributed by atoms with van der Waals surface area (Å²) < 4.78 is 5.12. The van der Waals surface area contributed by atoms with Crippen LogP contribution >= 0.6 is 0 Å². The average molecular weight is 323 g/mol. The molecule has 5 heteroatoms. The Kier molecular flexibility index (Phi) is 4.01. The zero-order valence-corrected chi connectivity index (χ0v) is 14.3. The van der Waals surface area contributed by atoms with Gasteiger partial charge in [0.1, 0.15) is 5.76 Å². The summed E-state index contributed by atoms with van der Waals surface area (Å²) in [5.41, 5.74) is 6.51. The zero-order chi connectivity index (χ0) is 17.3. The van der Waals surface area contributed by atoms with Crippen LogP contribution in [-0.2, 0) is 5.41 Å². The van der Waals surface area contributed by atoms with E-state index in [9.17, 15) is 4.79 Å². The van der Waals surface area contributed by atoms with Crippen LogP contribution in [-0.4, -0.2) is 19.2 Å². The summed E-state index contributed by atoms with van der Waals surface area (Å²) >= 11 is 0. The third kappa shape index (κ3) is 2.62. The van der Waals surface area contributed by atoms with E-state index < -0.39 is 0 Å². The van der Waals surface area contributed by atoms with Gasteiger partial charge in [-0.05, 0) is 30.7 Å². The van der Waals surface area contributed by atoms with Gasteiger partial charge in [0.2, 0.25) is 0 Å². The number of likely N-dealkylation sites (N-methyl/N-ethyl adjacent to an activating group) is 1. The Hall–Kier alpha value is -2.82. The van der Waals surface area contributed by atoms with Crippen molar-refractivity contribution in [2.45, 2.75) is 26.2 Å². The van der Waals surface area contributed by atoms with Gasteiger partial charge in [-0.1, -0.05) is 32.0 Å². The number of amides is 1. The fraction of sp³-hybridized carbons (Fsp3) is 0.263. The van der Waals surface area contributed by atoms with Crippen LogP contribution in [0.1, 0.15) is 35.5 Å². The lowest BCUT2D eigenvalue weighted by atomic mass is 9.84. The quantitative estimate of drug-likeness (QED) is 0.693. The Labute approximate surface area is 141 Å². The highest BCUT2D eigenvalue weighted by molar-refractivity contribution is 5.95. The first kappa shape index (κ1) is 16.1. The third-order valence-electron chi connectivity index (χ3n) is 4.52. The fourth-order valence-electron chi connectivity index (χ4n) is 3.19. The highest BCUT2D eigenvalue weighted by Gasteiger charge is 2.37. The molecule has 0 unspecified atom stereocenters. The standard InChI is InChI=1S/C19H21N3O2/c1-13-14(10-12-24-13)18(23)21-20-11-9-17-19(2,3)15-7-5-6-8-16(15)22(17)4/h5-12H,1-4H3,(H,21,23)/b17-9-,20-11+. The summed E-state index contributed by atoms with van der Waals surface area (Å²) in [5, 5.41) is 4.03. The minimum absolute atomic E-state index is 0.109. The van der Waals surface area contributed by atoms with Crippen molar-refractivity contribution in [2.75, 3.05) is 11.9 Å². The van der Waals surface area contributed by atoms with Crippen LogP contribution in [0.3, 0.4) is 0 Å². The molecule has 0 spiro atoms. The van der Waals surface area contributed by atoms with Gasteiger partial charge in [0.15, 0.2) is 0 Å². The van der Waals surface area contributed by atoms with Crippen molar-refractivity contribution in [1.29, 1.82) is 0 Å². The summed E-state index contributed by atoms with van der Waals surface area (Å²) in [6.45, 7) is 6.11. The Morgan fingerprint density at radius 1 is 1.29 bits per heavy atom. The Bertz CT molecular complexity index is 831. The van der Waals surface area contributed by atoms with E-state index in [4.69, 9.17) is 4.42 Å². The number of aryl methyl sites for hydroxylation is 1. The smallest absolute Gasteiger partial charge is 0.274 e. The van der Waals surface area contributed by atoms with Crippen molar-refractivity contribution in [1.82, 2.24) is 5.43 Å². The number of hydrogen-bond donors (Lipinski definition) is 1. The first-order valence-electron chi connectivity index (χ1n) is 7.84. The van der Waals surface area contributed by atoms with E-state index >= 15 is 0 Å². The number of anilines is 1. The first-order chi connectivity index (χ1) is 11.4. The summed E-state index contributed by atoms with van der Waals surface area (Å²) in [4.78, 5) is 14.1. The van der Waals surface area contributed by atoms with E-state index in [0.717, 1.165) is 5.70 Å². The fourth-order valence-corrected chi connectivity index (χ4v) is 3.19. The molecular formula is C19H21N3O2. The number of carbonyl (C=O) groups is 1. The van der Waals surface area contributed by atoms with E-state index in [-0.39, 0.29) is 11.3 Å². The number of fused-ring (bicyclic) bond motifs is 1. The SMILES string of the molecule is Cc1occc1C(=O)N/N=C/C=C1\N(C)c2ccccc2C1(C)C. The number of hydrazone groups is 1. The minimum Gasteiger partial charge on any atom is -0.469 e. The molecule has 2 aromatic rings. The molecule has 0 atom stereocenters. The van der Waals surface area contributed by atoms with Crippen LogP contribution in [0, 0.1) is 6.92 Å². The van der Waals surface area contributed by atoms with E-state index in [1.807, 2.05) is 19.2 Å². The van der Waals surface area contributed by atoms with E-state index in [1.165, 1.54) is 17.5 Å². The van der Waals surface area contributed by atoms with Crippen LogP contribution in [0.2, 0.25) is 0 Å². The second-order valence-electron chi connectivity index (χ2n) is 6.36. The van der Waals surface area contributed by atoms with E-state index in [0.29, 0.717) is 11.3 Å². The highest BCUT2D eigenvalue weighted by Crippen LogP contribution is 2.46. The summed E-state index contributed by atoms with van der Waals surface area (Å²) in [5.74, 6) is 0.298. The van der Waals surface area contributed by atoms with Gasteiger partial charge in [0.25, 0.3) is 5.91 Å². The molecule has 0 aliphatic carbocycles. The Morgan fingerprint density at radius 2 is 2.04 bits per heavy atom. The predicted molar refractivity (Wildman–Crippen MR) is 95.4 cm³/mol.